The fourth-order valence-corrected chi connectivity index (χ4v) is 5.14. The Bertz CT molecular complexity index is 1300. The maximum absolute atomic E-state index is 11.7. The van der Waals surface area contributed by atoms with Gasteiger partial charge in [0.2, 0.25) is 0 Å². The number of hydrogen-bond acceptors (Lipinski definition) is 5. The summed E-state index contributed by atoms with van der Waals surface area (Å²) in [5.74, 6) is -0.212. The van der Waals surface area contributed by atoms with Crippen LogP contribution in [0.15, 0.2) is 78.2 Å². The van der Waals surface area contributed by atoms with Gasteiger partial charge in [-0.2, -0.15) is 0 Å². The molecule has 3 N–H and O–H groups in total. The lowest BCUT2D eigenvalue weighted by atomic mass is 10.0. The van der Waals surface area contributed by atoms with Gasteiger partial charge in [-0.05, 0) is 66.1 Å². The number of hydrogen-bond donors (Lipinski definition) is 3. The van der Waals surface area contributed by atoms with Crippen molar-refractivity contribution >= 4 is 34.6 Å². The molecule has 1 heterocycles. The predicted molar refractivity (Wildman–Crippen MR) is 158 cm³/mol. The van der Waals surface area contributed by atoms with E-state index in [0.717, 1.165) is 46.9 Å². The highest BCUT2D eigenvalue weighted by Gasteiger charge is 2.18. The van der Waals surface area contributed by atoms with E-state index in [2.05, 4.69) is 73.0 Å². The summed E-state index contributed by atoms with van der Waals surface area (Å²) < 4.78 is 0. The molecule has 0 spiro atoms. The third kappa shape index (κ3) is 8.42. The molecule has 7 heteroatoms. The Kier molecular flexibility index (Phi) is 9.93. The summed E-state index contributed by atoms with van der Waals surface area (Å²) >= 11 is 7.46. The summed E-state index contributed by atoms with van der Waals surface area (Å²) in [7, 11) is 0. The van der Waals surface area contributed by atoms with Crippen LogP contribution in [0.1, 0.15) is 35.5 Å². The van der Waals surface area contributed by atoms with Crippen LogP contribution in [0.25, 0.3) is 11.3 Å². The molecule has 198 valence electrons. The highest BCUT2D eigenvalue weighted by molar-refractivity contribution is 7.09. The molecule has 0 aliphatic carbocycles. The van der Waals surface area contributed by atoms with Gasteiger partial charge in [-0.15, -0.1) is 11.3 Å². The van der Waals surface area contributed by atoms with Crippen LogP contribution in [0.3, 0.4) is 0 Å². The van der Waals surface area contributed by atoms with E-state index in [-0.39, 0.29) is 0 Å². The fraction of sp³-hybridized carbons (Fsp3) is 0.290. The molecule has 0 fully saturated rings. The summed E-state index contributed by atoms with van der Waals surface area (Å²) in [6, 6.07) is 23.8. The van der Waals surface area contributed by atoms with E-state index in [1.165, 1.54) is 22.5 Å². The van der Waals surface area contributed by atoms with Gasteiger partial charge in [-0.25, -0.2) is 4.98 Å². The van der Waals surface area contributed by atoms with E-state index in [4.69, 9.17) is 16.6 Å². The summed E-state index contributed by atoms with van der Waals surface area (Å²) in [6.07, 6.45) is 2.47. The fourth-order valence-electron chi connectivity index (χ4n) is 4.26. The largest absolute Gasteiger partial charge is 0.480 e. The summed E-state index contributed by atoms with van der Waals surface area (Å²) in [5.41, 5.74) is 6.66. The first-order valence-electron chi connectivity index (χ1n) is 12.9. The van der Waals surface area contributed by atoms with Crippen molar-refractivity contribution in [3.63, 3.8) is 0 Å². The Morgan fingerprint density at radius 3 is 2.21 bits per heavy atom. The minimum Gasteiger partial charge on any atom is -0.480 e. The second-order valence-corrected chi connectivity index (χ2v) is 11.3. The van der Waals surface area contributed by atoms with Gasteiger partial charge in [0.25, 0.3) is 0 Å². The molecule has 0 aliphatic rings. The number of benzene rings is 3. The Morgan fingerprint density at radius 1 is 0.921 bits per heavy atom. The van der Waals surface area contributed by atoms with E-state index in [1.807, 2.05) is 17.5 Å². The smallest absolute Gasteiger partial charge is 0.321 e. The SMILES string of the molecule is CC(C)Cc1ccc(CCNc2ccc(-c3csc(CNC(Cc4ccc(Cl)cc4)C(=O)O)n3)cc2)cc1. The first-order valence-corrected chi connectivity index (χ1v) is 14.2. The van der Waals surface area contributed by atoms with Gasteiger partial charge in [0.1, 0.15) is 11.0 Å². The van der Waals surface area contributed by atoms with Gasteiger partial charge in [-0.3, -0.25) is 10.1 Å². The summed E-state index contributed by atoms with van der Waals surface area (Å²) in [6.45, 7) is 5.76. The van der Waals surface area contributed by atoms with Crippen LogP contribution in [0.4, 0.5) is 5.69 Å². The minimum absolute atomic E-state index is 0.378. The number of nitrogens with one attached hydrogen (secondary N) is 2. The molecule has 4 rings (SSSR count). The number of carboxylic acid groups (broad SMARTS) is 1. The van der Waals surface area contributed by atoms with Crippen LogP contribution in [0.2, 0.25) is 5.02 Å². The molecule has 0 amide bonds. The molecule has 0 bridgehead atoms. The van der Waals surface area contributed by atoms with Crippen LogP contribution in [0.5, 0.6) is 0 Å². The third-order valence-corrected chi connectivity index (χ3v) is 7.39. The lowest BCUT2D eigenvalue weighted by Crippen LogP contribution is -2.38. The van der Waals surface area contributed by atoms with Crippen molar-refractivity contribution in [2.75, 3.05) is 11.9 Å². The molecule has 5 nitrogen and oxygen atoms in total. The molecule has 3 aromatic carbocycles. The van der Waals surface area contributed by atoms with Crippen molar-refractivity contribution in [3.05, 3.63) is 105 Å². The van der Waals surface area contributed by atoms with Gasteiger partial charge in [0.05, 0.1) is 5.69 Å². The van der Waals surface area contributed by atoms with Crippen LogP contribution in [-0.4, -0.2) is 28.6 Å². The maximum Gasteiger partial charge on any atom is 0.321 e. The van der Waals surface area contributed by atoms with Crippen molar-refractivity contribution in [1.29, 1.82) is 0 Å². The zero-order chi connectivity index (χ0) is 26.9. The van der Waals surface area contributed by atoms with Crippen LogP contribution < -0.4 is 10.6 Å². The molecule has 0 radical (unpaired) electrons. The van der Waals surface area contributed by atoms with Gasteiger partial charge in [-0.1, -0.05) is 74.0 Å². The number of rotatable bonds is 13. The predicted octanol–water partition coefficient (Wildman–Crippen LogP) is 7.10. The number of aromatic nitrogens is 1. The maximum atomic E-state index is 11.7. The van der Waals surface area contributed by atoms with Crippen LogP contribution in [0, 0.1) is 5.92 Å². The number of thiazole rings is 1. The highest BCUT2D eigenvalue weighted by atomic mass is 35.5. The van der Waals surface area contributed by atoms with Crippen LogP contribution in [-0.2, 0) is 30.6 Å². The topological polar surface area (TPSA) is 74.2 Å². The van der Waals surface area contributed by atoms with E-state index in [1.54, 1.807) is 12.1 Å². The van der Waals surface area contributed by atoms with Gasteiger partial charge < -0.3 is 10.4 Å². The summed E-state index contributed by atoms with van der Waals surface area (Å²) in [4.78, 5) is 16.5. The normalized spacial score (nSPS) is 12.0. The molecule has 1 atom stereocenters. The molecule has 0 saturated heterocycles. The molecule has 38 heavy (non-hydrogen) atoms. The Labute approximate surface area is 233 Å². The monoisotopic (exact) mass is 547 g/mol. The van der Waals surface area contributed by atoms with E-state index < -0.39 is 12.0 Å². The van der Waals surface area contributed by atoms with Crippen molar-refractivity contribution in [1.82, 2.24) is 10.3 Å². The Morgan fingerprint density at radius 2 is 1.55 bits per heavy atom. The number of nitrogens with zero attached hydrogens (tertiary/aromatic N) is 1. The first kappa shape index (κ1) is 27.8. The first-order chi connectivity index (χ1) is 18.4. The van der Waals surface area contributed by atoms with Gasteiger partial charge >= 0.3 is 5.97 Å². The molecule has 0 saturated carbocycles. The van der Waals surface area contributed by atoms with Gasteiger partial charge in [0, 0.05) is 34.7 Å². The van der Waals surface area contributed by atoms with Crippen molar-refractivity contribution < 1.29 is 9.90 Å². The Balaban J connectivity index is 1.26. The van der Waals surface area contributed by atoms with E-state index in [9.17, 15) is 9.90 Å². The highest BCUT2D eigenvalue weighted by Crippen LogP contribution is 2.24. The average molecular weight is 548 g/mol. The number of aliphatic carboxylic acids is 1. The number of halogens is 1. The van der Waals surface area contributed by atoms with Gasteiger partial charge in [0.15, 0.2) is 0 Å². The van der Waals surface area contributed by atoms with E-state index in [0.29, 0.717) is 23.9 Å². The molecule has 1 aromatic heterocycles. The molecular formula is C31H34ClN3O2S. The van der Waals surface area contributed by atoms with Crippen LogP contribution >= 0.6 is 22.9 Å². The standard InChI is InChI=1S/C31H34ClN3O2S/c1-21(2)17-23-5-3-22(4-6-23)15-16-33-27-13-9-25(10-14-27)29-20-38-30(35-29)19-34-28(31(36)37)18-24-7-11-26(32)12-8-24/h3-14,20-21,28,33-34H,15-19H2,1-2H3,(H,36,37). The molecule has 4 aromatic rings. The van der Waals surface area contributed by atoms with Crippen molar-refractivity contribution in [2.45, 2.75) is 45.7 Å². The lowest BCUT2D eigenvalue weighted by molar-refractivity contribution is -0.139. The number of carboxylic acids is 1. The average Bonchev–Trinajstić information content (AvgIpc) is 3.38. The van der Waals surface area contributed by atoms with Crippen molar-refractivity contribution in [3.8, 4) is 11.3 Å². The second-order valence-electron chi connectivity index (χ2n) is 9.90. The molecule has 0 aliphatic heterocycles. The zero-order valence-electron chi connectivity index (χ0n) is 21.8. The summed E-state index contributed by atoms with van der Waals surface area (Å²) in [5, 5.41) is 19.8. The lowest BCUT2D eigenvalue weighted by Gasteiger charge is -2.13. The van der Waals surface area contributed by atoms with Crippen molar-refractivity contribution in [2.24, 2.45) is 5.92 Å². The minimum atomic E-state index is -0.886. The third-order valence-electron chi connectivity index (χ3n) is 6.29. The van der Waals surface area contributed by atoms with E-state index >= 15 is 0 Å². The molecule has 1 unspecified atom stereocenters. The second kappa shape index (κ2) is 13.6. The Hall–Kier alpha value is -3.19. The number of anilines is 1. The quantitative estimate of drug-likeness (QED) is 0.166. The number of carbonyl (C=O) groups is 1. The zero-order valence-corrected chi connectivity index (χ0v) is 23.4. The molecular weight excluding hydrogens is 514 g/mol.